The van der Waals surface area contributed by atoms with Crippen molar-refractivity contribution in [3.05, 3.63) is 70.4 Å². The summed E-state index contributed by atoms with van der Waals surface area (Å²) in [6.07, 6.45) is 2.63. The summed E-state index contributed by atoms with van der Waals surface area (Å²) < 4.78 is 34.0. The number of rotatable bonds is 5. The maximum atomic E-state index is 13.4. The number of hydrogen-bond donors (Lipinski definition) is 0. The van der Waals surface area contributed by atoms with Gasteiger partial charge in [-0.05, 0) is 68.9 Å². The number of nitrogens with zero attached hydrogens (tertiary/aromatic N) is 2. The molecule has 0 amide bonds. The lowest BCUT2D eigenvalue weighted by molar-refractivity contribution is -0.151. The fourth-order valence-electron chi connectivity index (χ4n) is 4.58. The number of fused-ring (bicyclic) bond motifs is 1. The molecular weight excluding hydrogens is 436 g/mol. The van der Waals surface area contributed by atoms with Crippen LogP contribution in [-0.4, -0.2) is 36.8 Å². The van der Waals surface area contributed by atoms with Crippen molar-refractivity contribution in [1.82, 2.24) is 9.29 Å². The third-order valence-electron chi connectivity index (χ3n) is 6.77. The largest absolute Gasteiger partial charge is 0.461 e. The number of sulfonamides is 1. The molecule has 1 saturated heterocycles. The Balaban J connectivity index is 1.42. The van der Waals surface area contributed by atoms with Gasteiger partial charge in [-0.2, -0.15) is 4.31 Å². The Morgan fingerprint density at radius 3 is 2.33 bits per heavy atom. The van der Waals surface area contributed by atoms with Gasteiger partial charge in [0.25, 0.3) is 0 Å². The van der Waals surface area contributed by atoms with Crippen LogP contribution in [0, 0.1) is 33.6 Å². The Hall–Kier alpha value is -2.77. The van der Waals surface area contributed by atoms with Crippen LogP contribution >= 0.6 is 0 Å². The third-order valence-corrected chi connectivity index (χ3v) is 8.94. The molecule has 1 aliphatic heterocycles. The second-order valence-corrected chi connectivity index (χ2v) is 10.7. The number of hydrogen-bond acceptors (Lipinski definition) is 5. The molecule has 33 heavy (non-hydrogen) atoms. The molecule has 0 aliphatic carbocycles. The summed E-state index contributed by atoms with van der Waals surface area (Å²) in [5.74, 6) is -0.584. The highest BCUT2D eigenvalue weighted by Gasteiger charge is 2.34. The Kier molecular flexibility index (Phi) is 6.54. The molecule has 174 valence electrons. The highest BCUT2D eigenvalue weighted by atomic mass is 32.2. The Morgan fingerprint density at radius 2 is 1.67 bits per heavy atom. The van der Waals surface area contributed by atoms with Gasteiger partial charge in [0.2, 0.25) is 10.0 Å². The van der Waals surface area contributed by atoms with E-state index >= 15 is 0 Å². The normalized spacial score (nSPS) is 15.6. The number of aryl methyl sites for hydroxylation is 2. The summed E-state index contributed by atoms with van der Waals surface area (Å²) in [5, 5.41) is 1.00. The predicted molar refractivity (Wildman–Crippen MR) is 128 cm³/mol. The Morgan fingerprint density at radius 1 is 1.03 bits per heavy atom. The fourth-order valence-corrected chi connectivity index (χ4v) is 6.62. The van der Waals surface area contributed by atoms with Crippen molar-refractivity contribution >= 4 is 26.9 Å². The summed E-state index contributed by atoms with van der Waals surface area (Å²) in [6, 6.07) is 11.7. The summed E-state index contributed by atoms with van der Waals surface area (Å²) in [7, 11) is -3.62. The van der Waals surface area contributed by atoms with E-state index in [0.717, 1.165) is 38.7 Å². The van der Waals surface area contributed by atoms with Crippen molar-refractivity contribution in [1.29, 1.82) is 0 Å². The van der Waals surface area contributed by atoms with Gasteiger partial charge in [0.1, 0.15) is 6.61 Å². The molecule has 6 nitrogen and oxygen atoms in total. The maximum Gasteiger partial charge on any atom is 0.309 e. The minimum Gasteiger partial charge on any atom is -0.461 e. The van der Waals surface area contributed by atoms with E-state index in [1.165, 1.54) is 4.31 Å². The van der Waals surface area contributed by atoms with E-state index in [9.17, 15) is 13.2 Å². The number of aromatic nitrogens is 1. The number of ether oxygens (including phenoxy) is 1. The van der Waals surface area contributed by atoms with Crippen LogP contribution in [-0.2, 0) is 26.2 Å². The zero-order chi connectivity index (χ0) is 23.8. The molecule has 4 rings (SSSR count). The maximum absolute atomic E-state index is 13.4. The first-order chi connectivity index (χ1) is 15.7. The summed E-state index contributed by atoms with van der Waals surface area (Å²) in [5.41, 5.74) is 5.22. The average molecular weight is 467 g/mol. The number of piperidine rings is 1. The first kappa shape index (κ1) is 23.4. The monoisotopic (exact) mass is 466 g/mol. The van der Waals surface area contributed by atoms with E-state index in [4.69, 9.17) is 4.74 Å². The van der Waals surface area contributed by atoms with Crippen molar-refractivity contribution in [2.24, 2.45) is 5.92 Å². The van der Waals surface area contributed by atoms with Crippen LogP contribution in [0.3, 0.4) is 0 Å². The average Bonchev–Trinajstić information content (AvgIpc) is 2.81. The summed E-state index contributed by atoms with van der Waals surface area (Å²) in [4.78, 5) is 17.5. The lowest BCUT2D eigenvalue weighted by atomic mass is 9.98. The van der Waals surface area contributed by atoms with E-state index in [-0.39, 0.29) is 18.5 Å². The van der Waals surface area contributed by atoms with Gasteiger partial charge < -0.3 is 4.74 Å². The molecule has 0 saturated carbocycles. The molecule has 0 spiro atoms. The molecule has 3 aromatic rings. The predicted octanol–water partition coefficient (Wildman–Crippen LogP) is 4.61. The fraction of sp³-hybridized carbons (Fsp3) is 0.385. The lowest BCUT2D eigenvalue weighted by Gasteiger charge is -2.31. The topological polar surface area (TPSA) is 76.6 Å². The van der Waals surface area contributed by atoms with Crippen LogP contribution in [0.1, 0.15) is 40.7 Å². The van der Waals surface area contributed by atoms with E-state index in [2.05, 4.69) is 4.98 Å². The van der Waals surface area contributed by atoms with Crippen LogP contribution in [0.4, 0.5) is 0 Å². The minimum absolute atomic E-state index is 0.159. The number of carbonyl (C=O) groups is 1. The first-order valence-electron chi connectivity index (χ1n) is 11.3. The quantitative estimate of drug-likeness (QED) is 0.513. The van der Waals surface area contributed by atoms with Crippen molar-refractivity contribution in [2.75, 3.05) is 13.1 Å². The van der Waals surface area contributed by atoms with Crippen LogP contribution in [0.15, 0.2) is 47.5 Å². The molecule has 7 heteroatoms. The van der Waals surface area contributed by atoms with Gasteiger partial charge in [-0.3, -0.25) is 9.78 Å². The van der Waals surface area contributed by atoms with Gasteiger partial charge in [0.15, 0.2) is 0 Å². The zero-order valence-electron chi connectivity index (χ0n) is 19.6. The molecule has 0 unspecified atom stereocenters. The van der Waals surface area contributed by atoms with Gasteiger partial charge in [-0.25, -0.2) is 8.42 Å². The van der Waals surface area contributed by atoms with Gasteiger partial charge in [0.05, 0.1) is 16.3 Å². The number of esters is 1. The number of benzene rings is 2. The molecule has 0 radical (unpaired) electrons. The van der Waals surface area contributed by atoms with Crippen LogP contribution in [0.2, 0.25) is 0 Å². The first-order valence-corrected chi connectivity index (χ1v) is 12.7. The van der Waals surface area contributed by atoms with Gasteiger partial charge in [-0.15, -0.1) is 0 Å². The molecular formula is C26H30N2O4S. The number of carbonyl (C=O) groups excluding carboxylic acids is 1. The van der Waals surface area contributed by atoms with Gasteiger partial charge in [-0.1, -0.05) is 30.3 Å². The minimum atomic E-state index is -3.62. The summed E-state index contributed by atoms with van der Waals surface area (Å²) >= 11 is 0. The van der Waals surface area contributed by atoms with Crippen LogP contribution in [0.25, 0.3) is 10.9 Å². The van der Waals surface area contributed by atoms with E-state index in [1.54, 1.807) is 6.20 Å². The highest BCUT2D eigenvalue weighted by Crippen LogP contribution is 2.31. The zero-order valence-corrected chi connectivity index (χ0v) is 20.4. The van der Waals surface area contributed by atoms with Crippen molar-refractivity contribution in [3.63, 3.8) is 0 Å². The van der Waals surface area contributed by atoms with Crippen molar-refractivity contribution < 1.29 is 17.9 Å². The molecule has 1 aliphatic rings. The lowest BCUT2D eigenvalue weighted by Crippen LogP contribution is -2.41. The molecule has 0 bridgehead atoms. The van der Waals surface area contributed by atoms with Crippen molar-refractivity contribution in [3.8, 4) is 0 Å². The van der Waals surface area contributed by atoms with E-state index < -0.39 is 10.0 Å². The number of pyridine rings is 1. The van der Waals surface area contributed by atoms with Crippen molar-refractivity contribution in [2.45, 2.75) is 52.0 Å². The highest BCUT2D eigenvalue weighted by molar-refractivity contribution is 7.89. The Bertz CT molecular complexity index is 1280. The number of para-hydroxylation sites is 1. The Labute approximate surface area is 195 Å². The van der Waals surface area contributed by atoms with E-state index in [1.807, 2.05) is 64.1 Å². The molecule has 1 fully saturated rings. The molecule has 2 aromatic carbocycles. The molecule has 1 aromatic heterocycles. The smallest absolute Gasteiger partial charge is 0.309 e. The third kappa shape index (κ3) is 4.52. The van der Waals surface area contributed by atoms with Crippen LogP contribution < -0.4 is 0 Å². The molecule has 0 atom stereocenters. The van der Waals surface area contributed by atoms with Gasteiger partial charge >= 0.3 is 5.97 Å². The summed E-state index contributed by atoms with van der Waals surface area (Å²) in [6.45, 7) is 8.38. The SMILES string of the molecule is Cc1cc(C)c(C)c(S(=O)(=O)N2CCC(C(=O)OCc3cccc4cccnc34)CC2)c1C. The second-order valence-electron chi connectivity index (χ2n) is 8.87. The standard InChI is InChI=1S/C26H30N2O4S/c1-17-15-18(2)20(4)25(19(17)3)33(30,31)28-13-10-22(11-14-28)26(29)32-16-23-8-5-7-21-9-6-12-27-24(21)23/h5-9,12,15,22H,10-11,13-14,16H2,1-4H3. The van der Waals surface area contributed by atoms with Crippen LogP contribution in [0.5, 0.6) is 0 Å². The molecule has 0 N–H and O–H groups in total. The second kappa shape index (κ2) is 9.23. The molecule has 2 heterocycles. The van der Waals surface area contributed by atoms with E-state index in [0.29, 0.717) is 30.8 Å². The van der Waals surface area contributed by atoms with Gasteiger partial charge in [0, 0.05) is 30.2 Å².